The summed E-state index contributed by atoms with van der Waals surface area (Å²) in [5, 5.41) is 15.7. The summed E-state index contributed by atoms with van der Waals surface area (Å²) in [7, 11) is 0. The molecule has 0 spiro atoms. The van der Waals surface area contributed by atoms with Crippen LogP contribution in [0.5, 0.6) is 5.75 Å². The van der Waals surface area contributed by atoms with Crippen molar-refractivity contribution in [1.82, 2.24) is 10.2 Å². The fourth-order valence-corrected chi connectivity index (χ4v) is 5.17. The molecule has 0 saturated carbocycles. The van der Waals surface area contributed by atoms with Gasteiger partial charge < -0.3 is 25.4 Å². The second kappa shape index (κ2) is 17.2. The van der Waals surface area contributed by atoms with E-state index in [4.69, 9.17) is 4.74 Å². The standard InChI is InChI=1S/C37H49N3O5/c1-6-7-8-9-10-16-25-40(33(29-18-12-11-13-19-29)34(42)38-31-20-15-14-17-27(31)2)35(43)32(39-36(44)45-37(3,4)5)26-28-21-23-30(41)24-22-28/h11-15,17-24,32-33,41H,6-10,16,25-26H2,1-5H3,(H,38,42)(H,39,44). The molecule has 8 nitrogen and oxygen atoms in total. The van der Waals surface area contributed by atoms with Gasteiger partial charge in [-0.25, -0.2) is 4.79 Å². The highest BCUT2D eigenvalue weighted by Gasteiger charge is 2.36. The zero-order chi connectivity index (χ0) is 32.8. The van der Waals surface area contributed by atoms with Gasteiger partial charge in [-0.1, -0.05) is 99.7 Å². The van der Waals surface area contributed by atoms with E-state index in [1.165, 1.54) is 0 Å². The van der Waals surface area contributed by atoms with Gasteiger partial charge >= 0.3 is 6.09 Å². The number of rotatable bonds is 15. The molecule has 0 aromatic heterocycles. The van der Waals surface area contributed by atoms with Crippen molar-refractivity contribution in [2.24, 2.45) is 0 Å². The molecule has 0 bridgehead atoms. The molecular formula is C37H49N3O5. The molecule has 2 unspecified atom stereocenters. The number of carbonyl (C=O) groups excluding carboxylic acids is 3. The van der Waals surface area contributed by atoms with Crippen LogP contribution in [0.2, 0.25) is 0 Å². The molecule has 0 heterocycles. The topological polar surface area (TPSA) is 108 Å². The number of ether oxygens (including phenoxy) is 1. The maximum atomic E-state index is 14.6. The highest BCUT2D eigenvalue weighted by atomic mass is 16.6. The zero-order valence-electron chi connectivity index (χ0n) is 27.3. The number of amides is 3. The second-order valence-electron chi connectivity index (χ2n) is 12.5. The molecule has 45 heavy (non-hydrogen) atoms. The smallest absolute Gasteiger partial charge is 0.408 e. The molecule has 3 N–H and O–H groups in total. The summed E-state index contributed by atoms with van der Waals surface area (Å²) in [5.41, 5.74) is 2.21. The quantitative estimate of drug-likeness (QED) is 0.152. The lowest BCUT2D eigenvalue weighted by Crippen LogP contribution is -2.53. The van der Waals surface area contributed by atoms with Crippen LogP contribution in [-0.4, -0.2) is 46.1 Å². The highest BCUT2D eigenvalue weighted by Crippen LogP contribution is 2.27. The van der Waals surface area contributed by atoms with Crippen LogP contribution in [-0.2, 0) is 20.7 Å². The van der Waals surface area contributed by atoms with Crippen molar-refractivity contribution in [1.29, 1.82) is 0 Å². The van der Waals surface area contributed by atoms with E-state index < -0.39 is 29.7 Å². The number of anilines is 1. The minimum Gasteiger partial charge on any atom is -0.508 e. The molecular weight excluding hydrogens is 566 g/mol. The second-order valence-corrected chi connectivity index (χ2v) is 12.5. The fraction of sp³-hybridized carbons (Fsp3) is 0.432. The molecule has 0 aliphatic rings. The van der Waals surface area contributed by atoms with Crippen LogP contribution in [0.3, 0.4) is 0 Å². The van der Waals surface area contributed by atoms with Crippen LogP contribution in [0.4, 0.5) is 10.5 Å². The minimum atomic E-state index is -1.03. The van der Waals surface area contributed by atoms with Crippen LogP contribution in [0, 0.1) is 6.92 Å². The number of alkyl carbamates (subject to hydrolysis) is 1. The molecule has 0 fully saturated rings. The molecule has 0 saturated heterocycles. The van der Waals surface area contributed by atoms with Crippen molar-refractivity contribution >= 4 is 23.6 Å². The van der Waals surface area contributed by atoms with E-state index in [2.05, 4.69) is 17.6 Å². The molecule has 3 aromatic carbocycles. The number of hydrogen-bond acceptors (Lipinski definition) is 5. The number of nitrogens with zero attached hydrogens (tertiary/aromatic N) is 1. The SMILES string of the molecule is CCCCCCCCN(C(=O)C(Cc1ccc(O)cc1)NC(=O)OC(C)(C)C)C(C(=O)Nc1ccccc1C)c1ccccc1. The number of phenolic OH excluding ortho intramolecular Hbond substituents is 1. The monoisotopic (exact) mass is 615 g/mol. The maximum absolute atomic E-state index is 14.6. The number of hydrogen-bond donors (Lipinski definition) is 3. The average Bonchev–Trinajstić information content (AvgIpc) is 2.99. The molecule has 242 valence electrons. The van der Waals surface area contributed by atoms with E-state index in [1.807, 2.05) is 61.5 Å². The predicted molar refractivity (Wildman–Crippen MR) is 179 cm³/mol. The van der Waals surface area contributed by atoms with Gasteiger partial charge in [0.2, 0.25) is 5.91 Å². The number of para-hydroxylation sites is 1. The number of phenols is 1. The number of benzene rings is 3. The van der Waals surface area contributed by atoms with Gasteiger partial charge in [-0.15, -0.1) is 0 Å². The zero-order valence-corrected chi connectivity index (χ0v) is 27.3. The first-order valence-corrected chi connectivity index (χ1v) is 16.0. The Bertz CT molecular complexity index is 1370. The van der Waals surface area contributed by atoms with Crippen LogP contribution in [0.1, 0.15) is 89.0 Å². The van der Waals surface area contributed by atoms with E-state index in [-0.39, 0.29) is 18.1 Å². The van der Waals surface area contributed by atoms with Crippen molar-refractivity contribution in [3.8, 4) is 5.75 Å². The van der Waals surface area contributed by atoms with Gasteiger partial charge in [-0.3, -0.25) is 9.59 Å². The van der Waals surface area contributed by atoms with Crippen LogP contribution >= 0.6 is 0 Å². The summed E-state index contributed by atoms with van der Waals surface area (Å²) >= 11 is 0. The van der Waals surface area contributed by atoms with Crippen LogP contribution in [0.25, 0.3) is 0 Å². The first-order valence-electron chi connectivity index (χ1n) is 16.0. The normalized spacial score (nSPS) is 12.6. The van der Waals surface area contributed by atoms with Crippen molar-refractivity contribution in [2.75, 3.05) is 11.9 Å². The molecule has 0 radical (unpaired) electrons. The van der Waals surface area contributed by atoms with Gasteiger partial charge in [0.15, 0.2) is 0 Å². The Morgan fingerprint density at radius 3 is 2.11 bits per heavy atom. The summed E-state index contributed by atoms with van der Waals surface area (Å²) in [6, 6.07) is 21.3. The Labute approximate surface area is 268 Å². The third-order valence-corrected chi connectivity index (χ3v) is 7.48. The van der Waals surface area contributed by atoms with E-state index in [9.17, 15) is 19.5 Å². The lowest BCUT2D eigenvalue weighted by molar-refractivity contribution is -0.140. The van der Waals surface area contributed by atoms with Gasteiger partial charge in [-0.2, -0.15) is 0 Å². The van der Waals surface area contributed by atoms with Crippen molar-refractivity contribution in [2.45, 2.75) is 97.2 Å². The minimum absolute atomic E-state index is 0.100. The summed E-state index contributed by atoms with van der Waals surface area (Å²) in [6.07, 6.45) is 5.48. The fourth-order valence-electron chi connectivity index (χ4n) is 5.17. The van der Waals surface area contributed by atoms with Crippen molar-refractivity contribution in [3.05, 3.63) is 95.6 Å². The Hall–Kier alpha value is -4.33. The van der Waals surface area contributed by atoms with Gasteiger partial charge in [0.1, 0.15) is 23.4 Å². The molecule has 3 aromatic rings. The molecule has 3 rings (SSSR count). The Balaban J connectivity index is 2.02. The van der Waals surface area contributed by atoms with Crippen molar-refractivity contribution in [3.63, 3.8) is 0 Å². The first-order chi connectivity index (χ1) is 21.5. The number of aryl methyl sites for hydroxylation is 1. The first kappa shape index (κ1) is 35.2. The average molecular weight is 616 g/mol. The number of carbonyl (C=O) groups is 3. The van der Waals surface area contributed by atoms with Gasteiger partial charge in [-0.05, 0) is 69.0 Å². The summed E-state index contributed by atoms with van der Waals surface area (Å²) in [6.45, 7) is 9.70. The highest BCUT2D eigenvalue weighted by molar-refractivity contribution is 5.99. The Morgan fingerprint density at radius 1 is 0.844 bits per heavy atom. The lowest BCUT2D eigenvalue weighted by Gasteiger charge is -2.35. The van der Waals surface area contributed by atoms with Crippen LogP contribution in [0.15, 0.2) is 78.9 Å². The maximum Gasteiger partial charge on any atom is 0.408 e. The molecule has 0 aliphatic heterocycles. The summed E-state index contributed by atoms with van der Waals surface area (Å²) in [4.78, 5) is 43.4. The Kier molecular flexibility index (Phi) is 13.5. The van der Waals surface area contributed by atoms with Gasteiger partial charge in [0, 0.05) is 18.7 Å². The predicted octanol–water partition coefficient (Wildman–Crippen LogP) is 7.71. The summed E-state index contributed by atoms with van der Waals surface area (Å²) < 4.78 is 5.54. The molecule has 3 amide bonds. The largest absolute Gasteiger partial charge is 0.508 e. The molecule has 0 aliphatic carbocycles. The third-order valence-electron chi connectivity index (χ3n) is 7.48. The molecule has 2 atom stereocenters. The third kappa shape index (κ3) is 11.6. The number of aromatic hydroxyl groups is 1. The van der Waals surface area contributed by atoms with E-state index in [0.717, 1.165) is 43.2 Å². The van der Waals surface area contributed by atoms with E-state index in [1.54, 1.807) is 49.9 Å². The van der Waals surface area contributed by atoms with Gasteiger partial charge in [0.05, 0.1) is 0 Å². The van der Waals surface area contributed by atoms with Crippen LogP contribution < -0.4 is 10.6 Å². The lowest BCUT2D eigenvalue weighted by atomic mass is 9.99. The van der Waals surface area contributed by atoms with Crippen molar-refractivity contribution < 1.29 is 24.2 Å². The number of unbranched alkanes of at least 4 members (excludes halogenated alkanes) is 5. The van der Waals surface area contributed by atoms with E-state index >= 15 is 0 Å². The number of nitrogens with one attached hydrogen (secondary N) is 2. The molecule has 8 heteroatoms. The van der Waals surface area contributed by atoms with E-state index in [0.29, 0.717) is 24.2 Å². The van der Waals surface area contributed by atoms with Gasteiger partial charge in [0.25, 0.3) is 5.91 Å². The Morgan fingerprint density at radius 2 is 1.47 bits per heavy atom. The summed E-state index contributed by atoms with van der Waals surface area (Å²) in [5.74, 6) is -0.629.